The molecule has 0 aliphatic carbocycles. The first-order valence-corrected chi connectivity index (χ1v) is 15.3. The number of guanidine groups is 1. The van der Waals surface area contributed by atoms with Gasteiger partial charge in [-0.3, -0.25) is 14.6 Å². The van der Waals surface area contributed by atoms with Crippen molar-refractivity contribution in [2.45, 2.75) is 110 Å². The summed E-state index contributed by atoms with van der Waals surface area (Å²) in [6.45, 7) is 14.5. The Morgan fingerprint density at radius 3 is 2.07 bits per heavy atom. The number of nitrogens with two attached hydrogens (primary N) is 2. The van der Waals surface area contributed by atoms with Gasteiger partial charge in [0, 0.05) is 30.1 Å². The first kappa shape index (κ1) is 36.9. The van der Waals surface area contributed by atoms with Crippen LogP contribution in [0.5, 0.6) is 0 Å². The molecule has 0 bridgehead atoms. The molecule has 13 nitrogen and oxygen atoms in total. The van der Waals surface area contributed by atoms with Crippen molar-refractivity contribution < 1.29 is 28.7 Å². The lowest BCUT2D eigenvalue weighted by Gasteiger charge is -2.28. The van der Waals surface area contributed by atoms with Gasteiger partial charge in [-0.25, -0.2) is 9.59 Å². The third-order valence-electron chi connectivity index (χ3n) is 6.40. The zero-order valence-corrected chi connectivity index (χ0v) is 27.8. The maximum Gasteiger partial charge on any atom is 0.408 e. The van der Waals surface area contributed by atoms with Gasteiger partial charge < -0.3 is 41.9 Å². The highest BCUT2D eigenvalue weighted by Gasteiger charge is 2.33. The van der Waals surface area contributed by atoms with E-state index in [0.29, 0.717) is 12.8 Å². The van der Waals surface area contributed by atoms with Crippen LogP contribution in [0.4, 0.5) is 4.79 Å². The number of aliphatic imine (C=N–C) groups is 1. The van der Waals surface area contributed by atoms with Gasteiger partial charge in [0.1, 0.15) is 29.3 Å². The number of aromatic amines is 1. The third kappa shape index (κ3) is 13.5. The van der Waals surface area contributed by atoms with E-state index < -0.39 is 53.2 Å². The molecule has 250 valence electrons. The number of para-hydroxylation sites is 1. The molecule has 0 unspecified atom stereocenters. The van der Waals surface area contributed by atoms with Crippen molar-refractivity contribution in [1.82, 2.24) is 20.9 Å². The van der Waals surface area contributed by atoms with Crippen LogP contribution in [-0.4, -0.2) is 70.7 Å². The van der Waals surface area contributed by atoms with Crippen molar-refractivity contribution in [2.75, 3.05) is 6.54 Å². The maximum absolute atomic E-state index is 13.8. The molecule has 0 saturated heterocycles. The molecule has 0 aliphatic heterocycles. The molecule has 45 heavy (non-hydrogen) atoms. The van der Waals surface area contributed by atoms with Crippen molar-refractivity contribution in [2.24, 2.45) is 22.4 Å². The van der Waals surface area contributed by atoms with Crippen LogP contribution in [0.1, 0.15) is 80.2 Å². The lowest BCUT2D eigenvalue weighted by Crippen LogP contribution is -2.57. The van der Waals surface area contributed by atoms with Crippen LogP contribution < -0.4 is 27.4 Å². The molecule has 8 N–H and O–H groups in total. The molecular weight excluding hydrogens is 578 g/mol. The lowest BCUT2D eigenvalue weighted by molar-refractivity contribution is -0.159. The van der Waals surface area contributed by atoms with Gasteiger partial charge in [0.05, 0.1) is 0 Å². The van der Waals surface area contributed by atoms with Gasteiger partial charge in [0.25, 0.3) is 0 Å². The standard InChI is InChI=1S/C32H51N7O6/c1-19(2)16-25(28(42)44-31(3,4)5)38-26(40)23(14-11-15-35-29(33)34)37-27(41)24(39-30(43)45-32(6,7)8)17-20-18-36-22-13-10-9-12-21(20)22/h9-10,12-13,18-19,23-25,36H,11,14-17H2,1-8H3,(H,37,41)(H,38,40)(H,39,43)(H4,33,34,35)/t23-,24-,25-/m0/s1. The van der Waals surface area contributed by atoms with Crippen LogP contribution in [0.25, 0.3) is 10.9 Å². The minimum Gasteiger partial charge on any atom is -0.458 e. The monoisotopic (exact) mass is 629 g/mol. The molecule has 2 aromatic rings. The third-order valence-corrected chi connectivity index (χ3v) is 6.40. The number of fused-ring (bicyclic) bond motifs is 1. The van der Waals surface area contributed by atoms with Crippen molar-refractivity contribution in [3.63, 3.8) is 0 Å². The zero-order chi connectivity index (χ0) is 33.9. The predicted octanol–water partition coefficient (Wildman–Crippen LogP) is 3.01. The second kappa shape index (κ2) is 16.1. The molecule has 0 fully saturated rings. The number of alkyl carbamates (subject to hydrolysis) is 1. The summed E-state index contributed by atoms with van der Waals surface area (Å²) in [7, 11) is 0. The van der Waals surface area contributed by atoms with Crippen molar-refractivity contribution >= 4 is 40.7 Å². The summed E-state index contributed by atoms with van der Waals surface area (Å²) >= 11 is 0. The first-order valence-electron chi connectivity index (χ1n) is 15.3. The quantitative estimate of drug-likeness (QED) is 0.0791. The maximum atomic E-state index is 13.8. The first-order chi connectivity index (χ1) is 20.8. The van der Waals surface area contributed by atoms with Crippen molar-refractivity contribution in [1.29, 1.82) is 0 Å². The van der Waals surface area contributed by atoms with Crippen molar-refractivity contribution in [3.05, 3.63) is 36.0 Å². The number of carbonyl (C=O) groups is 4. The molecule has 3 atom stereocenters. The van der Waals surface area contributed by atoms with Gasteiger partial charge in [-0.1, -0.05) is 32.0 Å². The summed E-state index contributed by atoms with van der Waals surface area (Å²) in [5.74, 6) is -1.78. The Bertz CT molecular complexity index is 1340. The predicted molar refractivity (Wildman–Crippen MR) is 174 cm³/mol. The number of esters is 1. The van der Waals surface area contributed by atoms with E-state index in [2.05, 4.69) is 25.9 Å². The number of nitrogens with zero attached hydrogens (tertiary/aromatic N) is 1. The van der Waals surface area contributed by atoms with Gasteiger partial charge in [0.15, 0.2) is 5.96 Å². The summed E-state index contributed by atoms with van der Waals surface area (Å²) in [5, 5.41) is 9.12. The Morgan fingerprint density at radius 2 is 1.47 bits per heavy atom. The van der Waals surface area contributed by atoms with E-state index in [1.54, 1.807) is 47.7 Å². The van der Waals surface area contributed by atoms with Gasteiger partial charge in [-0.15, -0.1) is 0 Å². The lowest BCUT2D eigenvalue weighted by atomic mass is 10.0. The van der Waals surface area contributed by atoms with Gasteiger partial charge in [-0.2, -0.15) is 0 Å². The Labute approximate surface area is 265 Å². The van der Waals surface area contributed by atoms with Crippen LogP contribution in [0.3, 0.4) is 0 Å². The molecule has 1 aromatic heterocycles. The van der Waals surface area contributed by atoms with E-state index in [0.717, 1.165) is 16.5 Å². The fraction of sp³-hybridized carbons (Fsp3) is 0.594. The smallest absolute Gasteiger partial charge is 0.408 e. The number of ether oxygens (including phenoxy) is 2. The molecule has 0 spiro atoms. The van der Waals surface area contributed by atoms with Crippen LogP contribution in [-0.2, 0) is 30.3 Å². The summed E-state index contributed by atoms with van der Waals surface area (Å²) in [5.41, 5.74) is 11.0. The molecule has 0 radical (unpaired) electrons. The average Bonchev–Trinajstić information content (AvgIpc) is 3.29. The fourth-order valence-corrected chi connectivity index (χ4v) is 4.55. The number of nitrogens with one attached hydrogen (secondary N) is 4. The number of carbonyl (C=O) groups excluding carboxylic acids is 4. The number of hydrogen-bond acceptors (Lipinski definition) is 7. The highest BCUT2D eigenvalue weighted by Crippen LogP contribution is 2.20. The minimum atomic E-state index is -1.09. The van der Waals surface area contributed by atoms with Crippen LogP contribution >= 0.6 is 0 Å². The molecule has 1 aromatic carbocycles. The van der Waals surface area contributed by atoms with Crippen molar-refractivity contribution in [3.8, 4) is 0 Å². The summed E-state index contributed by atoms with van der Waals surface area (Å²) < 4.78 is 11.0. The molecular formula is C32H51N7O6. The number of benzene rings is 1. The minimum absolute atomic E-state index is 0.0660. The topological polar surface area (TPSA) is 203 Å². The largest absolute Gasteiger partial charge is 0.458 e. The molecule has 0 saturated carbocycles. The Morgan fingerprint density at radius 1 is 0.867 bits per heavy atom. The van der Waals surface area contributed by atoms with Crippen LogP contribution in [0.2, 0.25) is 0 Å². The van der Waals surface area contributed by atoms with E-state index in [9.17, 15) is 19.2 Å². The highest BCUT2D eigenvalue weighted by molar-refractivity contribution is 5.94. The van der Waals surface area contributed by atoms with E-state index in [4.69, 9.17) is 20.9 Å². The normalized spacial score (nSPS) is 13.8. The highest BCUT2D eigenvalue weighted by atomic mass is 16.6. The Kier molecular flexibility index (Phi) is 13.2. The van der Waals surface area contributed by atoms with Crippen LogP contribution in [0.15, 0.2) is 35.5 Å². The summed E-state index contributed by atoms with van der Waals surface area (Å²) in [6.07, 6.45) is 1.95. The number of amides is 3. The molecule has 0 aliphatic rings. The number of aromatic nitrogens is 1. The fourth-order valence-electron chi connectivity index (χ4n) is 4.55. The molecule has 13 heteroatoms. The second-order valence-electron chi connectivity index (χ2n) is 13.5. The number of rotatable bonds is 14. The Balaban J connectivity index is 2.36. The molecule has 3 amide bonds. The zero-order valence-electron chi connectivity index (χ0n) is 27.8. The number of H-pyrrole nitrogens is 1. The van der Waals surface area contributed by atoms with E-state index >= 15 is 0 Å². The SMILES string of the molecule is CC(C)C[C@H](NC(=O)[C@H](CCCN=C(N)N)NC(=O)[C@H](Cc1c[nH]c2ccccc12)NC(=O)OC(C)(C)C)C(=O)OC(C)(C)C. The van der Waals surface area contributed by atoms with Gasteiger partial charge in [-0.05, 0) is 78.4 Å². The summed E-state index contributed by atoms with van der Waals surface area (Å²) in [6, 6.07) is 4.49. The van der Waals surface area contributed by atoms with Crippen LogP contribution in [0, 0.1) is 5.92 Å². The molecule has 1 heterocycles. The Hall–Kier alpha value is -4.29. The van der Waals surface area contributed by atoms with Gasteiger partial charge in [0.2, 0.25) is 11.8 Å². The molecule has 2 rings (SSSR count). The van der Waals surface area contributed by atoms with E-state index in [1.165, 1.54) is 0 Å². The van der Waals surface area contributed by atoms with Gasteiger partial charge >= 0.3 is 12.1 Å². The second-order valence-corrected chi connectivity index (χ2v) is 13.5. The summed E-state index contributed by atoms with van der Waals surface area (Å²) in [4.78, 5) is 60.4. The number of hydrogen-bond donors (Lipinski definition) is 6. The average molecular weight is 630 g/mol. The van der Waals surface area contributed by atoms with E-state index in [1.807, 2.05) is 38.1 Å². The van der Waals surface area contributed by atoms with E-state index in [-0.39, 0.29) is 31.3 Å².